The van der Waals surface area contributed by atoms with Crippen molar-refractivity contribution in [2.24, 2.45) is 0 Å². The number of benzene rings is 1. The van der Waals surface area contributed by atoms with E-state index in [9.17, 15) is 4.79 Å². The van der Waals surface area contributed by atoms with E-state index in [0.29, 0.717) is 11.3 Å². The largest absolute Gasteiger partial charge is 0.478 e. The average Bonchev–Trinajstić information content (AvgIpc) is 2.47. The fourth-order valence-electron chi connectivity index (χ4n) is 1.68. The molecule has 0 amide bonds. The molecule has 1 heterocycles. The lowest BCUT2D eigenvalue weighted by Crippen LogP contribution is -2.08. The first-order valence-corrected chi connectivity index (χ1v) is 6.58. The number of nitriles is 1. The zero-order valence-electron chi connectivity index (χ0n) is 12.1. The number of pyridine rings is 1. The Morgan fingerprint density at radius 1 is 1.23 bits per heavy atom. The highest BCUT2D eigenvalue weighted by Gasteiger charge is 2.12. The average molecular weight is 298 g/mol. The molecule has 0 atom stereocenters. The standard InChI is InChI=1S/C16H14N2O4/c1-10(2)21-14-7-12(16(19)20)8-15(18-14)22-13-5-3-11(9-17)4-6-13/h3-8,10H,1-2H3,(H,19,20). The lowest BCUT2D eigenvalue weighted by atomic mass is 10.2. The number of carboxylic acids is 1. The smallest absolute Gasteiger partial charge is 0.336 e. The zero-order valence-corrected chi connectivity index (χ0v) is 12.1. The quantitative estimate of drug-likeness (QED) is 0.911. The van der Waals surface area contributed by atoms with Crippen molar-refractivity contribution in [2.45, 2.75) is 20.0 Å². The fraction of sp³-hybridized carbons (Fsp3) is 0.188. The highest BCUT2D eigenvalue weighted by Crippen LogP contribution is 2.24. The highest BCUT2D eigenvalue weighted by molar-refractivity contribution is 5.88. The summed E-state index contributed by atoms with van der Waals surface area (Å²) in [6.07, 6.45) is -0.140. The third-order valence-corrected chi connectivity index (χ3v) is 2.59. The number of rotatable bonds is 5. The van der Waals surface area contributed by atoms with Crippen LogP contribution in [0.25, 0.3) is 0 Å². The molecule has 2 rings (SSSR count). The van der Waals surface area contributed by atoms with Gasteiger partial charge in [0.25, 0.3) is 0 Å². The van der Waals surface area contributed by atoms with Crippen LogP contribution < -0.4 is 9.47 Å². The maximum Gasteiger partial charge on any atom is 0.336 e. The molecule has 2 aromatic rings. The molecule has 0 saturated heterocycles. The van der Waals surface area contributed by atoms with Gasteiger partial charge in [0.2, 0.25) is 11.8 Å². The van der Waals surface area contributed by atoms with Gasteiger partial charge in [0.05, 0.1) is 23.3 Å². The van der Waals surface area contributed by atoms with Gasteiger partial charge in [0.15, 0.2) is 0 Å². The summed E-state index contributed by atoms with van der Waals surface area (Å²) in [4.78, 5) is 15.3. The summed E-state index contributed by atoms with van der Waals surface area (Å²) in [7, 11) is 0. The Hall–Kier alpha value is -3.07. The van der Waals surface area contributed by atoms with E-state index in [2.05, 4.69) is 4.98 Å². The molecule has 1 aromatic carbocycles. The first-order chi connectivity index (χ1) is 10.5. The molecule has 22 heavy (non-hydrogen) atoms. The van der Waals surface area contributed by atoms with Gasteiger partial charge in [-0.3, -0.25) is 0 Å². The van der Waals surface area contributed by atoms with E-state index in [1.165, 1.54) is 12.1 Å². The van der Waals surface area contributed by atoms with Crippen LogP contribution in [0.3, 0.4) is 0 Å². The molecule has 6 nitrogen and oxygen atoms in total. The number of aromatic nitrogens is 1. The summed E-state index contributed by atoms with van der Waals surface area (Å²) in [6, 6.07) is 11.1. The summed E-state index contributed by atoms with van der Waals surface area (Å²) in [6.45, 7) is 3.63. The molecule has 0 unspecified atom stereocenters. The van der Waals surface area contributed by atoms with E-state index < -0.39 is 5.97 Å². The van der Waals surface area contributed by atoms with Gasteiger partial charge in [-0.2, -0.15) is 10.2 Å². The van der Waals surface area contributed by atoms with Crippen LogP contribution in [0, 0.1) is 11.3 Å². The van der Waals surface area contributed by atoms with Crippen molar-refractivity contribution < 1.29 is 19.4 Å². The highest BCUT2D eigenvalue weighted by atomic mass is 16.5. The number of carboxylic acid groups (broad SMARTS) is 1. The Balaban J connectivity index is 2.30. The van der Waals surface area contributed by atoms with Crippen LogP contribution in [-0.2, 0) is 0 Å². The van der Waals surface area contributed by atoms with Crippen LogP contribution in [0.2, 0.25) is 0 Å². The molecule has 1 aromatic heterocycles. The second-order valence-corrected chi connectivity index (χ2v) is 4.74. The van der Waals surface area contributed by atoms with Crippen LogP contribution in [-0.4, -0.2) is 22.2 Å². The molecular formula is C16H14N2O4. The van der Waals surface area contributed by atoms with Crippen LogP contribution in [0.15, 0.2) is 36.4 Å². The van der Waals surface area contributed by atoms with Gasteiger partial charge in [-0.1, -0.05) is 0 Å². The number of hydrogen-bond donors (Lipinski definition) is 1. The van der Waals surface area contributed by atoms with E-state index in [1.807, 2.05) is 19.9 Å². The van der Waals surface area contributed by atoms with Gasteiger partial charge in [-0.05, 0) is 38.1 Å². The van der Waals surface area contributed by atoms with E-state index >= 15 is 0 Å². The van der Waals surface area contributed by atoms with Crippen molar-refractivity contribution in [3.8, 4) is 23.6 Å². The third kappa shape index (κ3) is 3.96. The SMILES string of the molecule is CC(C)Oc1cc(C(=O)O)cc(Oc2ccc(C#N)cc2)n1. The Morgan fingerprint density at radius 3 is 2.41 bits per heavy atom. The summed E-state index contributed by atoms with van der Waals surface area (Å²) in [5, 5.41) is 17.9. The molecule has 112 valence electrons. The molecule has 0 saturated carbocycles. The molecule has 0 spiro atoms. The van der Waals surface area contributed by atoms with Crippen LogP contribution in [0.1, 0.15) is 29.8 Å². The molecule has 6 heteroatoms. The zero-order chi connectivity index (χ0) is 16.1. The van der Waals surface area contributed by atoms with Gasteiger partial charge >= 0.3 is 5.97 Å². The van der Waals surface area contributed by atoms with Crippen molar-refractivity contribution in [1.29, 1.82) is 5.26 Å². The number of ether oxygens (including phenoxy) is 2. The Labute approximate surface area is 127 Å². The topological polar surface area (TPSA) is 92.4 Å². The molecule has 0 aliphatic rings. The lowest BCUT2D eigenvalue weighted by molar-refractivity contribution is 0.0695. The maximum absolute atomic E-state index is 11.2. The van der Waals surface area contributed by atoms with Gasteiger partial charge in [0.1, 0.15) is 5.75 Å². The fourth-order valence-corrected chi connectivity index (χ4v) is 1.68. The van der Waals surface area contributed by atoms with Crippen LogP contribution in [0.5, 0.6) is 17.5 Å². The first-order valence-electron chi connectivity index (χ1n) is 6.58. The maximum atomic E-state index is 11.2. The normalized spacial score (nSPS) is 10.1. The molecular weight excluding hydrogens is 284 g/mol. The van der Waals surface area contributed by atoms with Crippen LogP contribution in [0.4, 0.5) is 0 Å². The molecule has 0 aliphatic carbocycles. The van der Waals surface area contributed by atoms with Crippen molar-refractivity contribution in [3.05, 3.63) is 47.5 Å². The second kappa shape index (κ2) is 6.59. The number of nitrogens with zero attached hydrogens (tertiary/aromatic N) is 2. The predicted octanol–water partition coefficient (Wildman–Crippen LogP) is 3.23. The molecule has 0 fully saturated rings. The summed E-state index contributed by atoms with van der Waals surface area (Å²) < 4.78 is 10.9. The molecule has 0 radical (unpaired) electrons. The minimum atomic E-state index is -1.10. The minimum absolute atomic E-state index is 0.0225. The Kier molecular flexibility index (Phi) is 4.59. The van der Waals surface area contributed by atoms with E-state index in [1.54, 1.807) is 24.3 Å². The first kappa shape index (κ1) is 15.3. The van der Waals surface area contributed by atoms with E-state index in [4.69, 9.17) is 19.8 Å². The summed E-state index contributed by atoms with van der Waals surface area (Å²) >= 11 is 0. The number of aromatic carboxylic acids is 1. The molecule has 1 N–H and O–H groups in total. The molecule has 0 bridgehead atoms. The second-order valence-electron chi connectivity index (χ2n) is 4.74. The predicted molar refractivity (Wildman–Crippen MR) is 78.2 cm³/mol. The van der Waals surface area contributed by atoms with Crippen molar-refractivity contribution in [2.75, 3.05) is 0 Å². The Morgan fingerprint density at radius 2 is 1.86 bits per heavy atom. The van der Waals surface area contributed by atoms with Gasteiger partial charge in [-0.15, -0.1) is 0 Å². The van der Waals surface area contributed by atoms with Gasteiger partial charge < -0.3 is 14.6 Å². The summed E-state index contributed by atoms with van der Waals surface area (Å²) in [5.74, 6) is -0.357. The van der Waals surface area contributed by atoms with Crippen molar-refractivity contribution >= 4 is 5.97 Å². The van der Waals surface area contributed by atoms with Crippen molar-refractivity contribution in [1.82, 2.24) is 4.98 Å². The van der Waals surface area contributed by atoms with E-state index in [0.717, 1.165) is 0 Å². The van der Waals surface area contributed by atoms with Gasteiger partial charge in [-0.25, -0.2) is 4.79 Å². The minimum Gasteiger partial charge on any atom is -0.478 e. The van der Waals surface area contributed by atoms with E-state index in [-0.39, 0.29) is 23.4 Å². The number of carbonyl (C=O) groups is 1. The third-order valence-electron chi connectivity index (χ3n) is 2.59. The number of hydrogen-bond acceptors (Lipinski definition) is 5. The van der Waals surface area contributed by atoms with Crippen molar-refractivity contribution in [3.63, 3.8) is 0 Å². The Bertz CT molecular complexity index is 718. The van der Waals surface area contributed by atoms with Crippen LogP contribution >= 0.6 is 0 Å². The lowest BCUT2D eigenvalue weighted by Gasteiger charge is -2.11. The van der Waals surface area contributed by atoms with Gasteiger partial charge in [0, 0.05) is 12.1 Å². The monoisotopic (exact) mass is 298 g/mol. The summed E-state index contributed by atoms with van der Waals surface area (Å²) in [5.41, 5.74) is 0.526. The molecule has 0 aliphatic heterocycles.